The van der Waals surface area contributed by atoms with Crippen molar-refractivity contribution in [2.75, 3.05) is 13.2 Å². The molecule has 0 aromatic rings. The number of rotatable bonds is 4. The standard InChI is InChI=1S/C11H21NO/c1-3-12-11(9-4-5-9)10-6-8(2)13-7-10/h8-12H,3-7H2,1-2H3. The van der Waals surface area contributed by atoms with Crippen LogP contribution in [0.1, 0.15) is 33.1 Å². The summed E-state index contributed by atoms with van der Waals surface area (Å²) < 4.78 is 5.63. The monoisotopic (exact) mass is 183 g/mol. The quantitative estimate of drug-likeness (QED) is 0.717. The summed E-state index contributed by atoms with van der Waals surface area (Å²) >= 11 is 0. The molecule has 0 bridgehead atoms. The zero-order valence-electron chi connectivity index (χ0n) is 8.75. The molecule has 1 N–H and O–H groups in total. The molecule has 2 heteroatoms. The minimum atomic E-state index is 0.491. The van der Waals surface area contributed by atoms with Gasteiger partial charge >= 0.3 is 0 Å². The van der Waals surface area contributed by atoms with Crippen LogP contribution < -0.4 is 5.32 Å². The van der Waals surface area contributed by atoms with E-state index in [1.165, 1.54) is 19.3 Å². The molecule has 2 nitrogen and oxygen atoms in total. The van der Waals surface area contributed by atoms with Gasteiger partial charge in [-0.15, -0.1) is 0 Å². The molecular weight excluding hydrogens is 162 g/mol. The predicted molar refractivity (Wildman–Crippen MR) is 53.7 cm³/mol. The van der Waals surface area contributed by atoms with E-state index >= 15 is 0 Å². The fraction of sp³-hybridized carbons (Fsp3) is 1.00. The van der Waals surface area contributed by atoms with Crippen molar-refractivity contribution < 1.29 is 4.74 Å². The van der Waals surface area contributed by atoms with E-state index < -0.39 is 0 Å². The molecule has 1 saturated heterocycles. The second kappa shape index (κ2) is 3.97. The summed E-state index contributed by atoms with van der Waals surface area (Å²) in [4.78, 5) is 0. The van der Waals surface area contributed by atoms with Gasteiger partial charge in [0.1, 0.15) is 0 Å². The average molecular weight is 183 g/mol. The summed E-state index contributed by atoms with van der Waals surface area (Å²) in [5.74, 6) is 1.74. The maximum Gasteiger partial charge on any atom is 0.0551 e. The molecule has 3 unspecified atom stereocenters. The number of ether oxygens (including phenoxy) is 1. The van der Waals surface area contributed by atoms with E-state index in [-0.39, 0.29) is 0 Å². The molecule has 2 rings (SSSR count). The maximum absolute atomic E-state index is 5.63. The Kier molecular flexibility index (Phi) is 2.89. The van der Waals surface area contributed by atoms with Crippen molar-refractivity contribution in [3.8, 4) is 0 Å². The predicted octanol–water partition coefficient (Wildman–Crippen LogP) is 1.80. The van der Waals surface area contributed by atoms with E-state index in [2.05, 4.69) is 19.2 Å². The van der Waals surface area contributed by atoms with Crippen LogP contribution in [-0.2, 0) is 4.74 Å². The van der Waals surface area contributed by atoms with Crippen LogP contribution in [0.25, 0.3) is 0 Å². The Morgan fingerprint density at radius 3 is 2.62 bits per heavy atom. The first-order chi connectivity index (χ1) is 6.31. The summed E-state index contributed by atoms with van der Waals surface area (Å²) in [6, 6.07) is 0.745. The molecule has 0 radical (unpaired) electrons. The first kappa shape index (κ1) is 9.47. The van der Waals surface area contributed by atoms with Gasteiger partial charge in [0.15, 0.2) is 0 Å². The molecule has 1 aliphatic heterocycles. The van der Waals surface area contributed by atoms with E-state index in [9.17, 15) is 0 Å². The molecule has 3 atom stereocenters. The lowest BCUT2D eigenvalue weighted by Gasteiger charge is -2.22. The Bertz CT molecular complexity index is 167. The SMILES string of the molecule is CCNC(C1CC1)C1COC(C)C1. The summed E-state index contributed by atoms with van der Waals surface area (Å²) in [6.45, 7) is 6.48. The zero-order valence-corrected chi connectivity index (χ0v) is 8.75. The van der Waals surface area contributed by atoms with Gasteiger partial charge in [0, 0.05) is 12.0 Å². The summed E-state index contributed by atoms with van der Waals surface area (Å²) in [6.07, 6.45) is 4.61. The van der Waals surface area contributed by atoms with Gasteiger partial charge in [0.25, 0.3) is 0 Å². The van der Waals surface area contributed by atoms with E-state index in [4.69, 9.17) is 4.74 Å². The second-order valence-corrected chi connectivity index (χ2v) is 4.56. The molecule has 0 aromatic heterocycles. The Hall–Kier alpha value is -0.0800. The highest BCUT2D eigenvalue weighted by atomic mass is 16.5. The van der Waals surface area contributed by atoms with Gasteiger partial charge in [-0.3, -0.25) is 0 Å². The molecule has 0 amide bonds. The molecule has 2 fully saturated rings. The third-order valence-corrected chi connectivity index (χ3v) is 3.31. The second-order valence-electron chi connectivity index (χ2n) is 4.56. The fourth-order valence-corrected chi connectivity index (χ4v) is 2.51. The molecular formula is C11H21NO. The Morgan fingerprint density at radius 2 is 2.15 bits per heavy atom. The van der Waals surface area contributed by atoms with Crippen LogP contribution in [-0.4, -0.2) is 25.3 Å². The first-order valence-corrected chi connectivity index (χ1v) is 5.66. The van der Waals surface area contributed by atoms with Gasteiger partial charge < -0.3 is 10.1 Å². The Labute approximate surface area is 81.0 Å². The third kappa shape index (κ3) is 2.23. The van der Waals surface area contributed by atoms with E-state index in [1.54, 1.807) is 0 Å². The van der Waals surface area contributed by atoms with Gasteiger partial charge in [0.2, 0.25) is 0 Å². The van der Waals surface area contributed by atoms with Gasteiger partial charge in [-0.05, 0) is 38.6 Å². The highest BCUT2D eigenvalue weighted by molar-refractivity contribution is 4.92. The number of hydrogen-bond donors (Lipinski definition) is 1. The van der Waals surface area contributed by atoms with Crippen molar-refractivity contribution in [3.05, 3.63) is 0 Å². The topological polar surface area (TPSA) is 21.3 Å². The average Bonchev–Trinajstić information content (AvgIpc) is 2.85. The van der Waals surface area contributed by atoms with Crippen LogP contribution in [0.3, 0.4) is 0 Å². The molecule has 76 valence electrons. The molecule has 0 aromatic carbocycles. The highest BCUT2D eigenvalue weighted by Gasteiger charge is 2.38. The largest absolute Gasteiger partial charge is 0.378 e. The van der Waals surface area contributed by atoms with Crippen molar-refractivity contribution in [2.45, 2.75) is 45.3 Å². The van der Waals surface area contributed by atoms with Crippen LogP contribution in [0, 0.1) is 11.8 Å². The lowest BCUT2D eigenvalue weighted by atomic mass is 9.93. The van der Waals surface area contributed by atoms with Gasteiger partial charge in [-0.25, -0.2) is 0 Å². The highest BCUT2D eigenvalue weighted by Crippen LogP contribution is 2.38. The van der Waals surface area contributed by atoms with Gasteiger partial charge in [-0.2, -0.15) is 0 Å². The summed E-state index contributed by atoms with van der Waals surface area (Å²) in [5.41, 5.74) is 0. The molecule has 1 heterocycles. The van der Waals surface area contributed by atoms with Crippen LogP contribution in [0.5, 0.6) is 0 Å². The lowest BCUT2D eigenvalue weighted by molar-refractivity contribution is 0.116. The van der Waals surface area contributed by atoms with E-state index in [0.717, 1.165) is 31.0 Å². The van der Waals surface area contributed by atoms with Crippen molar-refractivity contribution >= 4 is 0 Å². The minimum absolute atomic E-state index is 0.491. The smallest absolute Gasteiger partial charge is 0.0551 e. The summed E-state index contributed by atoms with van der Waals surface area (Å²) in [5, 5.41) is 3.63. The molecule has 1 aliphatic carbocycles. The molecule has 13 heavy (non-hydrogen) atoms. The first-order valence-electron chi connectivity index (χ1n) is 5.66. The van der Waals surface area contributed by atoms with E-state index in [0.29, 0.717) is 6.10 Å². The lowest BCUT2D eigenvalue weighted by Crippen LogP contribution is -2.38. The van der Waals surface area contributed by atoms with Crippen LogP contribution in [0.15, 0.2) is 0 Å². The van der Waals surface area contributed by atoms with Crippen molar-refractivity contribution in [1.82, 2.24) is 5.32 Å². The van der Waals surface area contributed by atoms with Crippen LogP contribution >= 0.6 is 0 Å². The Balaban J connectivity index is 1.87. The Morgan fingerprint density at radius 1 is 1.38 bits per heavy atom. The molecule has 0 spiro atoms. The zero-order chi connectivity index (χ0) is 9.26. The van der Waals surface area contributed by atoms with Crippen LogP contribution in [0.2, 0.25) is 0 Å². The van der Waals surface area contributed by atoms with Crippen molar-refractivity contribution in [3.63, 3.8) is 0 Å². The van der Waals surface area contributed by atoms with Crippen molar-refractivity contribution in [1.29, 1.82) is 0 Å². The molecule has 2 aliphatic rings. The number of nitrogens with one attached hydrogen (secondary N) is 1. The van der Waals surface area contributed by atoms with Gasteiger partial charge in [0.05, 0.1) is 12.7 Å². The summed E-state index contributed by atoms with van der Waals surface area (Å²) in [7, 11) is 0. The van der Waals surface area contributed by atoms with Crippen molar-refractivity contribution in [2.24, 2.45) is 11.8 Å². The normalized spacial score (nSPS) is 36.5. The fourth-order valence-electron chi connectivity index (χ4n) is 2.51. The van der Waals surface area contributed by atoms with Gasteiger partial charge in [-0.1, -0.05) is 6.92 Å². The molecule has 1 saturated carbocycles. The van der Waals surface area contributed by atoms with E-state index in [1.807, 2.05) is 0 Å². The van der Waals surface area contributed by atoms with Crippen LogP contribution in [0.4, 0.5) is 0 Å². The number of hydrogen-bond acceptors (Lipinski definition) is 2. The third-order valence-electron chi connectivity index (χ3n) is 3.31. The minimum Gasteiger partial charge on any atom is -0.378 e. The maximum atomic E-state index is 5.63.